The molecule has 1 aliphatic heterocycles. The fourth-order valence-electron chi connectivity index (χ4n) is 2.77. The van der Waals surface area contributed by atoms with Crippen molar-refractivity contribution in [2.75, 3.05) is 23.3 Å². The smallest absolute Gasteiger partial charge is 0.231 e. The summed E-state index contributed by atoms with van der Waals surface area (Å²) in [6.07, 6.45) is 5.12. The summed E-state index contributed by atoms with van der Waals surface area (Å²) in [5.74, 6) is 1.12. The minimum atomic E-state index is -0.0803. The Hall–Kier alpha value is -2.44. The van der Waals surface area contributed by atoms with E-state index in [-0.39, 0.29) is 11.8 Å². The van der Waals surface area contributed by atoms with Crippen molar-refractivity contribution in [2.24, 2.45) is 5.92 Å². The van der Waals surface area contributed by atoms with Crippen LogP contribution in [0.25, 0.3) is 0 Å². The van der Waals surface area contributed by atoms with Crippen LogP contribution in [0.5, 0.6) is 0 Å². The number of aryl methyl sites for hydroxylation is 2. The number of aromatic nitrogens is 4. The predicted molar refractivity (Wildman–Crippen MR) is 83.7 cm³/mol. The van der Waals surface area contributed by atoms with E-state index in [2.05, 4.69) is 30.2 Å². The monoisotopic (exact) mass is 300 g/mol. The third-order valence-electron chi connectivity index (χ3n) is 3.79. The van der Waals surface area contributed by atoms with Crippen molar-refractivity contribution < 1.29 is 4.79 Å². The van der Waals surface area contributed by atoms with Crippen LogP contribution in [0.4, 0.5) is 11.9 Å². The molecule has 3 rings (SSSR count). The Morgan fingerprint density at radius 2 is 2.14 bits per heavy atom. The average Bonchev–Trinajstić information content (AvgIpc) is 2.99. The predicted octanol–water partition coefficient (Wildman–Crippen LogP) is 1.67. The Morgan fingerprint density at radius 1 is 1.36 bits per heavy atom. The van der Waals surface area contributed by atoms with Crippen LogP contribution < -0.4 is 10.2 Å². The van der Waals surface area contributed by atoms with Gasteiger partial charge in [0, 0.05) is 36.9 Å². The zero-order valence-electron chi connectivity index (χ0n) is 12.8. The maximum atomic E-state index is 12.3. The van der Waals surface area contributed by atoms with Gasteiger partial charge in [-0.3, -0.25) is 10.1 Å². The summed E-state index contributed by atoms with van der Waals surface area (Å²) in [4.78, 5) is 30.3. The van der Waals surface area contributed by atoms with Crippen LogP contribution in [0.15, 0.2) is 18.5 Å². The summed E-state index contributed by atoms with van der Waals surface area (Å²) in [5, 5.41) is 2.81. The molecule has 0 aliphatic carbocycles. The molecule has 7 nitrogen and oxygen atoms in total. The Balaban J connectivity index is 1.69. The standard InChI is InChI=1S/C15H20N6O/c1-10-8-11(2)19-15(18-10)21-7-3-4-12(9-21)13(22)20-14-16-5-6-17-14/h5-6,8,12H,3-4,7,9H2,1-2H3,(H2,16,17,20,22). The number of H-pyrrole nitrogens is 1. The molecule has 1 fully saturated rings. The SMILES string of the molecule is Cc1cc(C)nc(N2CCCC(C(=O)Nc3ncc[nH]3)C2)n1. The maximum absolute atomic E-state index is 12.3. The summed E-state index contributed by atoms with van der Waals surface area (Å²) in [7, 11) is 0. The van der Waals surface area contributed by atoms with Crippen LogP contribution in [-0.4, -0.2) is 38.9 Å². The largest absolute Gasteiger partial charge is 0.340 e. The highest BCUT2D eigenvalue weighted by Crippen LogP contribution is 2.22. The Morgan fingerprint density at radius 3 is 2.82 bits per heavy atom. The Bertz CT molecular complexity index is 634. The lowest BCUT2D eigenvalue weighted by molar-refractivity contribution is -0.120. The number of imidazole rings is 1. The second kappa shape index (κ2) is 6.13. The summed E-state index contributed by atoms with van der Waals surface area (Å²) in [5.41, 5.74) is 1.90. The van der Waals surface area contributed by atoms with E-state index in [1.165, 1.54) is 0 Å². The second-order valence-electron chi connectivity index (χ2n) is 5.66. The molecule has 1 amide bonds. The van der Waals surface area contributed by atoms with Crippen LogP contribution in [0.1, 0.15) is 24.2 Å². The quantitative estimate of drug-likeness (QED) is 0.900. The first kappa shape index (κ1) is 14.5. The minimum absolute atomic E-state index is 0.0102. The zero-order valence-corrected chi connectivity index (χ0v) is 12.8. The van der Waals surface area contributed by atoms with E-state index < -0.39 is 0 Å². The van der Waals surface area contributed by atoms with Crippen molar-refractivity contribution in [1.82, 2.24) is 19.9 Å². The minimum Gasteiger partial charge on any atom is -0.340 e. The summed E-state index contributed by atoms with van der Waals surface area (Å²) in [6.45, 7) is 5.44. The van der Waals surface area contributed by atoms with E-state index in [1.54, 1.807) is 12.4 Å². The Labute approximate surface area is 129 Å². The van der Waals surface area contributed by atoms with E-state index in [1.807, 2.05) is 19.9 Å². The van der Waals surface area contributed by atoms with Gasteiger partial charge in [-0.15, -0.1) is 0 Å². The zero-order chi connectivity index (χ0) is 15.5. The molecular weight excluding hydrogens is 280 g/mol. The highest BCUT2D eigenvalue weighted by Gasteiger charge is 2.27. The number of rotatable bonds is 3. The van der Waals surface area contributed by atoms with Crippen LogP contribution in [0, 0.1) is 19.8 Å². The molecule has 116 valence electrons. The van der Waals surface area contributed by atoms with Gasteiger partial charge in [-0.1, -0.05) is 0 Å². The molecule has 0 bridgehead atoms. The molecule has 7 heteroatoms. The normalized spacial score (nSPS) is 18.3. The Kier molecular flexibility index (Phi) is 4.04. The van der Waals surface area contributed by atoms with E-state index in [0.29, 0.717) is 18.4 Å². The molecule has 0 radical (unpaired) electrons. The number of hydrogen-bond donors (Lipinski definition) is 2. The van der Waals surface area contributed by atoms with Gasteiger partial charge in [-0.05, 0) is 32.8 Å². The van der Waals surface area contributed by atoms with Gasteiger partial charge >= 0.3 is 0 Å². The topological polar surface area (TPSA) is 86.8 Å². The van der Waals surface area contributed by atoms with Crippen molar-refractivity contribution >= 4 is 17.8 Å². The number of nitrogens with one attached hydrogen (secondary N) is 2. The molecular formula is C15H20N6O. The first-order valence-electron chi connectivity index (χ1n) is 7.49. The molecule has 2 N–H and O–H groups in total. The second-order valence-corrected chi connectivity index (χ2v) is 5.66. The number of carbonyl (C=O) groups excluding carboxylic acids is 1. The van der Waals surface area contributed by atoms with Crippen LogP contribution in [-0.2, 0) is 4.79 Å². The molecule has 2 aromatic heterocycles. The van der Waals surface area contributed by atoms with Gasteiger partial charge in [0.2, 0.25) is 17.8 Å². The van der Waals surface area contributed by atoms with Crippen LogP contribution in [0.3, 0.4) is 0 Å². The molecule has 22 heavy (non-hydrogen) atoms. The van der Waals surface area contributed by atoms with Crippen molar-refractivity contribution in [1.29, 1.82) is 0 Å². The number of aromatic amines is 1. The third-order valence-corrected chi connectivity index (χ3v) is 3.79. The number of hydrogen-bond acceptors (Lipinski definition) is 5. The van der Waals surface area contributed by atoms with Gasteiger partial charge in [0.05, 0.1) is 5.92 Å². The molecule has 1 atom stereocenters. The molecule has 2 aromatic rings. The number of carbonyl (C=O) groups is 1. The van der Waals surface area contributed by atoms with E-state index in [9.17, 15) is 4.79 Å². The van der Waals surface area contributed by atoms with Crippen molar-refractivity contribution in [3.8, 4) is 0 Å². The molecule has 3 heterocycles. The molecule has 1 saturated heterocycles. The first-order valence-corrected chi connectivity index (χ1v) is 7.49. The fourth-order valence-corrected chi connectivity index (χ4v) is 2.77. The van der Waals surface area contributed by atoms with Crippen LogP contribution >= 0.6 is 0 Å². The molecule has 0 saturated carbocycles. The first-order chi connectivity index (χ1) is 10.6. The van der Waals surface area contributed by atoms with Crippen molar-refractivity contribution in [3.05, 3.63) is 29.8 Å². The number of anilines is 2. The summed E-state index contributed by atoms with van der Waals surface area (Å²) >= 11 is 0. The molecule has 0 aromatic carbocycles. The van der Waals surface area contributed by atoms with Crippen molar-refractivity contribution in [3.63, 3.8) is 0 Å². The van der Waals surface area contributed by atoms with Gasteiger partial charge in [0.15, 0.2) is 0 Å². The molecule has 1 aliphatic rings. The fraction of sp³-hybridized carbons (Fsp3) is 0.467. The van der Waals surface area contributed by atoms with E-state index in [4.69, 9.17) is 0 Å². The van der Waals surface area contributed by atoms with Gasteiger partial charge in [0.1, 0.15) is 0 Å². The van der Waals surface area contributed by atoms with Gasteiger partial charge < -0.3 is 9.88 Å². The van der Waals surface area contributed by atoms with E-state index in [0.717, 1.165) is 30.8 Å². The number of piperidine rings is 1. The van der Waals surface area contributed by atoms with Gasteiger partial charge in [-0.2, -0.15) is 0 Å². The third kappa shape index (κ3) is 3.24. The lowest BCUT2D eigenvalue weighted by Crippen LogP contribution is -2.41. The lowest BCUT2D eigenvalue weighted by Gasteiger charge is -2.32. The maximum Gasteiger partial charge on any atom is 0.231 e. The summed E-state index contributed by atoms with van der Waals surface area (Å²) in [6, 6.07) is 1.95. The van der Waals surface area contributed by atoms with Gasteiger partial charge in [-0.25, -0.2) is 15.0 Å². The van der Waals surface area contributed by atoms with Gasteiger partial charge in [0.25, 0.3) is 0 Å². The van der Waals surface area contributed by atoms with Crippen LogP contribution in [0.2, 0.25) is 0 Å². The average molecular weight is 300 g/mol. The number of amides is 1. The lowest BCUT2D eigenvalue weighted by atomic mass is 9.97. The highest BCUT2D eigenvalue weighted by molar-refractivity contribution is 5.91. The molecule has 0 spiro atoms. The van der Waals surface area contributed by atoms with Crippen molar-refractivity contribution in [2.45, 2.75) is 26.7 Å². The summed E-state index contributed by atoms with van der Waals surface area (Å²) < 4.78 is 0. The number of nitrogens with zero attached hydrogens (tertiary/aromatic N) is 4. The molecule has 1 unspecified atom stereocenters. The highest BCUT2D eigenvalue weighted by atomic mass is 16.2. The van der Waals surface area contributed by atoms with E-state index >= 15 is 0 Å².